The van der Waals surface area contributed by atoms with Crippen LogP contribution in [0.1, 0.15) is 41.7 Å². The number of aromatic amines is 1. The summed E-state index contributed by atoms with van der Waals surface area (Å²) in [5.41, 5.74) is 2.36. The molecule has 0 saturated carbocycles. The van der Waals surface area contributed by atoms with Gasteiger partial charge in [-0.05, 0) is 38.0 Å². The quantitative estimate of drug-likeness (QED) is 0.467. The van der Waals surface area contributed by atoms with E-state index in [0.29, 0.717) is 59.5 Å². The number of hydrogen-bond acceptors (Lipinski definition) is 7. The average Bonchev–Trinajstić information content (AvgIpc) is 3.18. The minimum absolute atomic E-state index is 0.0897. The predicted octanol–water partition coefficient (Wildman–Crippen LogP) is 4.53. The fourth-order valence-electron chi connectivity index (χ4n) is 4.17. The smallest absolute Gasteiger partial charge is 0.258 e. The fraction of sp³-hybridized carbons (Fsp3) is 0.407. The molecular weight excluding hydrogens is 510 g/mol. The van der Waals surface area contributed by atoms with E-state index in [0.717, 1.165) is 31.6 Å². The first kappa shape index (κ1) is 27.4. The molecule has 2 N–H and O–H groups in total. The predicted molar refractivity (Wildman–Crippen MR) is 145 cm³/mol. The summed E-state index contributed by atoms with van der Waals surface area (Å²) in [4.78, 5) is 36.9. The number of benzene rings is 1. The maximum atomic E-state index is 12.4. The number of amides is 2. The first-order valence-corrected chi connectivity index (χ1v) is 13.0. The molecule has 0 radical (unpaired) electrons. The summed E-state index contributed by atoms with van der Waals surface area (Å²) in [5.74, 6) is 1.00. The Morgan fingerprint density at radius 1 is 1.11 bits per heavy atom. The molecule has 3 aromatic rings. The maximum absolute atomic E-state index is 12.4. The molecule has 0 bridgehead atoms. The lowest BCUT2D eigenvalue weighted by Crippen LogP contribution is -2.29. The molecule has 0 aliphatic carbocycles. The summed E-state index contributed by atoms with van der Waals surface area (Å²) in [6, 6.07) is 5.08. The van der Waals surface area contributed by atoms with E-state index in [9.17, 15) is 9.59 Å². The Morgan fingerprint density at radius 3 is 2.55 bits per heavy atom. The van der Waals surface area contributed by atoms with Gasteiger partial charge in [-0.1, -0.05) is 31.0 Å². The van der Waals surface area contributed by atoms with Crippen LogP contribution in [0.25, 0.3) is 11.0 Å². The van der Waals surface area contributed by atoms with E-state index in [-0.39, 0.29) is 17.8 Å². The number of halogens is 1. The third-order valence-corrected chi connectivity index (χ3v) is 6.43. The number of rotatable bonds is 3. The van der Waals surface area contributed by atoms with E-state index in [1.54, 1.807) is 24.4 Å². The number of imidazole rings is 1. The molecule has 2 aromatic heterocycles. The number of carbonyl (C=O) groups is 2. The molecule has 0 unspecified atom stereocenters. The van der Waals surface area contributed by atoms with Crippen molar-refractivity contribution in [3.8, 4) is 11.5 Å². The van der Waals surface area contributed by atoms with Gasteiger partial charge in [-0.2, -0.15) is 0 Å². The zero-order chi connectivity index (χ0) is 26.9. The van der Waals surface area contributed by atoms with Gasteiger partial charge in [0.1, 0.15) is 23.8 Å². The molecule has 10 nitrogen and oxygen atoms in total. The van der Waals surface area contributed by atoms with Crippen LogP contribution in [0.4, 0.5) is 5.95 Å². The van der Waals surface area contributed by atoms with Crippen molar-refractivity contribution in [1.29, 1.82) is 0 Å². The second-order valence-corrected chi connectivity index (χ2v) is 9.27. The van der Waals surface area contributed by atoms with E-state index in [2.05, 4.69) is 26.8 Å². The second-order valence-electron chi connectivity index (χ2n) is 8.89. The number of likely N-dealkylation sites (tertiary alicyclic amines) is 1. The SMILES string of the molecule is C=CC(=O)N1CCCCCC1.Cc1cc(C(=O)Nc2nc3c(Cl)c4c(cc3[nH]2)OCCOCCO4)ccn1. The number of fused-ring (bicyclic) bond motifs is 2. The molecule has 2 aliphatic heterocycles. The summed E-state index contributed by atoms with van der Waals surface area (Å²) in [5, 5.41) is 3.05. The summed E-state index contributed by atoms with van der Waals surface area (Å²) in [6.45, 7) is 8.80. The molecule has 2 amide bonds. The Labute approximate surface area is 226 Å². The Balaban J connectivity index is 0.000000257. The number of ether oxygens (including phenoxy) is 3. The highest BCUT2D eigenvalue weighted by molar-refractivity contribution is 6.37. The van der Waals surface area contributed by atoms with E-state index in [1.807, 2.05) is 11.8 Å². The van der Waals surface area contributed by atoms with Crippen LogP contribution in [0.2, 0.25) is 5.02 Å². The lowest BCUT2D eigenvalue weighted by Gasteiger charge is -2.17. The largest absolute Gasteiger partial charge is 0.487 e. The molecule has 4 heterocycles. The lowest BCUT2D eigenvalue weighted by molar-refractivity contribution is -0.125. The lowest BCUT2D eigenvalue weighted by atomic mass is 10.2. The Kier molecular flexibility index (Phi) is 9.56. The summed E-state index contributed by atoms with van der Waals surface area (Å²) >= 11 is 6.48. The van der Waals surface area contributed by atoms with Crippen molar-refractivity contribution in [2.75, 3.05) is 44.8 Å². The monoisotopic (exact) mass is 541 g/mol. The van der Waals surface area contributed by atoms with Crippen molar-refractivity contribution < 1.29 is 23.8 Å². The summed E-state index contributed by atoms with van der Waals surface area (Å²) in [6.07, 6.45) is 7.83. The standard InChI is InChI=1S/C18H17ClN4O4.C9H15NO/c1-10-8-11(2-3-20-10)17(24)23-18-21-12-9-13-16(14(19)15(12)22-18)27-7-5-25-4-6-26-13;1-2-9(11)10-7-5-3-4-6-8-10/h2-3,8-9H,4-7H2,1H3,(H2,21,22,23,24);2H,1,3-8H2. The number of pyridine rings is 1. The number of anilines is 1. The number of aryl methyl sites for hydroxylation is 1. The number of hydrogen-bond donors (Lipinski definition) is 2. The van der Waals surface area contributed by atoms with E-state index >= 15 is 0 Å². The van der Waals surface area contributed by atoms with E-state index in [4.69, 9.17) is 25.8 Å². The first-order chi connectivity index (χ1) is 18.5. The number of aromatic nitrogens is 3. The van der Waals surface area contributed by atoms with Crippen LogP contribution in [0.3, 0.4) is 0 Å². The molecule has 1 fully saturated rings. The molecule has 38 heavy (non-hydrogen) atoms. The first-order valence-electron chi connectivity index (χ1n) is 12.7. The molecule has 11 heteroatoms. The van der Waals surface area contributed by atoms with Crippen LogP contribution in [-0.4, -0.2) is 71.2 Å². The fourth-order valence-corrected chi connectivity index (χ4v) is 4.47. The highest BCUT2D eigenvalue weighted by Gasteiger charge is 2.20. The highest BCUT2D eigenvalue weighted by atomic mass is 35.5. The van der Waals surface area contributed by atoms with Crippen LogP contribution >= 0.6 is 11.6 Å². The van der Waals surface area contributed by atoms with Crippen molar-refractivity contribution in [2.24, 2.45) is 0 Å². The Morgan fingerprint density at radius 2 is 1.84 bits per heavy atom. The van der Waals surface area contributed by atoms with Crippen molar-refractivity contribution in [1.82, 2.24) is 19.9 Å². The van der Waals surface area contributed by atoms with Gasteiger partial charge in [0.05, 0.1) is 18.7 Å². The normalized spacial score (nSPS) is 15.7. The molecule has 1 aromatic carbocycles. The Hall–Kier alpha value is -3.63. The van der Waals surface area contributed by atoms with Gasteiger partial charge in [-0.15, -0.1) is 0 Å². The maximum Gasteiger partial charge on any atom is 0.258 e. The molecule has 0 spiro atoms. The topological polar surface area (TPSA) is 119 Å². The van der Waals surface area contributed by atoms with Gasteiger partial charge in [0.25, 0.3) is 5.91 Å². The molecule has 1 saturated heterocycles. The molecule has 2 aliphatic rings. The van der Waals surface area contributed by atoms with Crippen LogP contribution in [0.5, 0.6) is 11.5 Å². The van der Waals surface area contributed by atoms with Crippen molar-refractivity contribution in [3.05, 3.63) is 53.3 Å². The van der Waals surface area contributed by atoms with Crippen molar-refractivity contribution in [2.45, 2.75) is 32.6 Å². The third kappa shape index (κ3) is 7.02. The average molecular weight is 542 g/mol. The summed E-state index contributed by atoms with van der Waals surface area (Å²) < 4.78 is 16.7. The minimum atomic E-state index is -0.296. The van der Waals surface area contributed by atoms with E-state index in [1.165, 1.54) is 18.9 Å². The van der Waals surface area contributed by atoms with Crippen molar-refractivity contribution in [3.63, 3.8) is 0 Å². The van der Waals surface area contributed by atoms with Crippen LogP contribution < -0.4 is 14.8 Å². The zero-order valence-electron chi connectivity index (χ0n) is 21.4. The van der Waals surface area contributed by atoms with Gasteiger partial charge in [0.2, 0.25) is 11.9 Å². The van der Waals surface area contributed by atoms with Crippen LogP contribution in [-0.2, 0) is 9.53 Å². The Bertz CT molecular complexity index is 1290. The highest BCUT2D eigenvalue weighted by Crippen LogP contribution is 2.41. The number of carbonyl (C=O) groups excluding carboxylic acids is 2. The molecule has 5 rings (SSSR count). The number of nitrogens with zero attached hydrogens (tertiary/aromatic N) is 3. The molecule has 0 atom stereocenters. The van der Waals surface area contributed by atoms with Crippen LogP contribution in [0, 0.1) is 6.92 Å². The minimum Gasteiger partial charge on any atom is -0.487 e. The van der Waals surface area contributed by atoms with Crippen LogP contribution in [0.15, 0.2) is 37.1 Å². The van der Waals surface area contributed by atoms with Gasteiger partial charge in [-0.3, -0.25) is 19.9 Å². The zero-order valence-corrected chi connectivity index (χ0v) is 22.2. The summed E-state index contributed by atoms with van der Waals surface area (Å²) in [7, 11) is 0. The van der Waals surface area contributed by atoms with Gasteiger partial charge in [0, 0.05) is 36.6 Å². The van der Waals surface area contributed by atoms with Crippen molar-refractivity contribution >= 4 is 40.4 Å². The molecule has 202 valence electrons. The van der Waals surface area contributed by atoms with Gasteiger partial charge in [0.15, 0.2) is 11.5 Å². The van der Waals surface area contributed by atoms with Gasteiger partial charge in [-0.25, -0.2) is 4.98 Å². The molecular formula is C27H32ClN5O5. The van der Waals surface area contributed by atoms with Gasteiger partial charge >= 0.3 is 0 Å². The van der Waals surface area contributed by atoms with E-state index < -0.39 is 0 Å². The number of nitrogens with one attached hydrogen (secondary N) is 2. The number of H-pyrrole nitrogens is 1. The second kappa shape index (κ2) is 13.3. The van der Waals surface area contributed by atoms with Gasteiger partial charge < -0.3 is 24.1 Å². The third-order valence-electron chi connectivity index (χ3n) is 6.08.